The van der Waals surface area contributed by atoms with Crippen molar-refractivity contribution < 1.29 is 4.42 Å². The van der Waals surface area contributed by atoms with Crippen LogP contribution in [0.4, 0.5) is 0 Å². The first kappa shape index (κ1) is 11.7. The monoisotopic (exact) mass is 222 g/mol. The van der Waals surface area contributed by atoms with E-state index in [9.17, 15) is 0 Å². The molecule has 3 nitrogen and oxygen atoms in total. The number of likely N-dealkylation sites (tertiary alicyclic amines) is 1. The number of rotatable bonds is 5. The van der Waals surface area contributed by atoms with E-state index in [1.54, 1.807) is 6.26 Å². The third kappa shape index (κ3) is 2.30. The molecule has 0 aliphatic carbocycles. The van der Waals surface area contributed by atoms with Crippen LogP contribution in [0.25, 0.3) is 0 Å². The summed E-state index contributed by atoms with van der Waals surface area (Å²) in [5.74, 6) is 1.12. The maximum Gasteiger partial charge on any atom is 0.120 e. The van der Waals surface area contributed by atoms with Gasteiger partial charge in [0.05, 0.1) is 12.3 Å². The van der Waals surface area contributed by atoms with Gasteiger partial charge < -0.3 is 9.73 Å². The average Bonchev–Trinajstić information content (AvgIpc) is 2.92. The Morgan fingerprint density at radius 3 is 3.12 bits per heavy atom. The lowest BCUT2D eigenvalue weighted by molar-refractivity contribution is 0.154. The normalized spacial score (nSPS) is 23.8. The molecule has 1 aromatic rings. The Hall–Kier alpha value is -0.800. The molecule has 1 fully saturated rings. The molecular formula is C13H22N2O. The lowest BCUT2D eigenvalue weighted by Gasteiger charge is -2.31. The summed E-state index contributed by atoms with van der Waals surface area (Å²) in [5.41, 5.74) is 0. The molecule has 0 saturated carbocycles. The van der Waals surface area contributed by atoms with Gasteiger partial charge in [-0.25, -0.2) is 0 Å². The highest BCUT2D eigenvalue weighted by molar-refractivity contribution is 5.06. The number of nitrogens with zero attached hydrogens (tertiary/aromatic N) is 1. The Bertz CT molecular complexity index is 297. The van der Waals surface area contributed by atoms with E-state index in [-0.39, 0.29) is 0 Å². The quantitative estimate of drug-likeness (QED) is 0.829. The molecule has 0 spiro atoms. The van der Waals surface area contributed by atoms with Gasteiger partial charge in [-0.15, -0.1) is 0 Å². The van der Waals surface area contributed by atoms with Crippen LogP contribution in [0.3, 0.4) is 0 Å². The van der Waals surface area contributed by atoms with E-state index in [1.165, 1.54) is 19.4 Å². The Morgan fingerprint density at radius 1 is 1.62 bits per heavy atom. The van der Waals surface area contributed by atoms with E-state index < -0.39 is 0 Å². The smallest absolute Gasteiger partial charge is 0.120 e. The van der Waals surface area contributed by atoms with Crippen LogP contribution in [0, 0.1) is 0 Å². The number of hydrogen-bond donors (Lipinski definition) is 1. The van der Waals surface area contributed by atoms with Crippen molar-refractivity contribution in [1.82, 2.24) is 10.2 Å². The van der Waals surface area contributed by atoms with Crippen LogP contribution in [0.2, 0.25) is 0 Å². The zero-order valence-electron chi connectivity index (χ0n) is 10.3. The van der Waals surface area contributed by atoms with Gasteiger partial charge in [0.1, 0.15) is 5.76 Å². The fourth-order valence-electron chi connectivity index (χ4n) is 2.80. The van der Waals surface area contributed by atoms with Crippen LogP contribution in [0.15, 0.2) is 22.8 Å². The van der Waals surface area contributed by atoms with E-state index in [0.29, 0.717) is 12.1 Å². The predicted molar refractivity (Wildman–Crippen MR) is 65.4 cm³/mol. The van der Waals surface area contributed by atoms with E-state index in [2.05, 4.69) is 23.2 Å². The summed E-state index contributed by atoms with van der Waals surface area (Å²) < 4.78 is 5.56. The van der Waals surface area contributed by atoms with Crippen LogP contribution < -0.4 is 5.32 Å². The van der Waals surface area contributed by atoms with Crippen molar-refractivity contribution in [1.29, 1.82) is 0 Å². The van der Waals surface area contributed by atoms with Gasteiger partial charge in [0.25, 0.3) is 0 Å². The van der Waals surface area contributed by atoms with Crippen LogP contribution >= 0.6 is 0 Å². The SMILES string of the molecule is CCC(c1ccco1)N1CCCC1CNC. The summed E-state index contributed by atoms with van der Waals surface area (Å²) in [6, 6.07) is 5.21. The molecule has 2 unspecified atom stereocenters. The van der Waals surface area contributed by atoms with Gasteiger partial charge in [0.2, 0.25) is 0 Å². The number of likely N-dealkylation sites (N-methyl/N-ethyl adjacent to an activating group) is 1. The summed E-state index contributed by atoms with van der Waals surface area (Å²) in [6.07, 6.45) is 5.51. The van der Waals surface area contributed by atoms with Crippen LogP contribution in [0.5, 0.6) is 0 Å². The highest BCUT2D eigenvalue weighted by Gasteiger charge is 2.31. The van der Waals surface area contributed by atoms with E-state index in [1.807, 2.05) is 13.1 Å². The van der Waals surface area contributed by atoms with Crippen molar-refractivity contribution in [2.75, 3.05) is 20.1 Å². The first-order chi connectivity index (χ1) is 7.86. The summed E-state index contributed by atoms with van der Waals surface area (Å²) in [5, 5.41) is 3.29. The largest absolute Gasteiger partial charge is 0.468 e. The predicted octanol–water partition coefficient (Wildman–Crippen LogP) is 2.41. The average molecular weight is 222 g/mol. The van der Waals surface area contributed by atoms with Crippen LogP contribution in [0.1, 0.15) is 38.0 Å². The molecular weight excluding hydrogens is 200 g/mol. The zero-order valence-corrected chi connectivity index (χ0v) is 10.3. The van der Waals surface area contributed by atoms with Crippen molar-refractivity contribution in [2.45, 2.75) is 38.3 Å². The molecule has 3 heteroatoms. The maximum atomic E-state index is 5.56. The third-order valence-corrected chi connectivity index (χ3v) is 3.52. The summed E-state index contributed by atoms with van der Waals surface area (Å²) in [4.78, 5) is 2.59. The van der Waals surface area contributed by atoms with Gasteiger partial charge in [-0.3, -0.25) is 4.90 Å². The highest BCUT2D eigenvalue weighted by atomic mass is 16.3. The molecule has 0 radical (unpaired) electrons. The van der Waals surface area contributed by atoms with E-state index in [4.69, 9.17) is 4.42 Å². The van der Waals surface area contributed by atoms with Crippen molar-refractivity contribution >= 4 is 0 Å². The van der Waals surface area contributed by atoms with Gasteiger partial charge in [0, 0.05) is 12.6 Å². The van der Waals surface area contributed by atoms with Gasteiger partial charge in [0.15, 0.2) is 0 Å². The van der Waals surface area contributed by atoms with E-state index in [0.717, 1.165) is 18.7 Å². The van der Waals surface area contributed by atoms with Crippen LogP contribution in [-0.4, -0.2) is 31.1 Å². The Labute approximate surface area is 97.8 Å². The second-order valence-electron chi connectivity index (χ2n) is 4.53. The first-order valence-electron chi connectivity index (χ1n) is 6.30. The fraction of sp³-hybridized carbons (Fsp3) is 0.692. The number of furan rings is 1. The maximum absolute atomic E-state index is 5.56. The number of nitrogens with one attached hydrogen (secondary N) is 1. The third-order valence-electron chi connectivity index (χ3n) is 3.52. The van der Waals surface area contributed by atoms with Gasteiger partial charge >= 0.3 is 0 Å². The minimum Gasteiger partial charge on any atom is -0.468 e. The van der Waals surface area contributed by atoms with Gasteiger partial charge in [-0.2, -0.15) is 0 Å². The van der Waals surface area contributed by atoms with Crippen molar-refractivity contribution in [2.24, 2.45) is 0 Å². The molecule has 1 aliphatic heterocycles. The minimum absolute atomic E-state index is 0.454. The lowest BCUT2D eigenvalue weighted by atomic mass is 10.1. The lowest BCUT2D eigenvalue weighted by Crippen LogP contribution is -2.39. The molecule has 0 bridgehead atoms. The van der Waals surface area contributed by atoms with Crippen molar-refractivity contribution in [3.8, 4) is 0 Å². The molecule has 1 aliphatic rings. The standard InChI is InChI=1S/C13H22N2O/c1-3-12(13-7-5-9-16-13)15-8-4-6-11(15)10-14-2/h5,7,9,11-12,14H,3-4,6,8,10H2,1-2H3. The van der Waals surface area contributed by atoms with Gasteiger partial charge in [-0.1, -0.05) is 6.92 Å². The number of hydrogen-bond acceptors (Lipinski definition) is 3. The topological polar surface area (TPSA) is 28.4 Å². The molecule has 0 amide bonds. The van der Waals surface area contributed by atoms with Crippen molar-refractivity contribution in [3.63, 3.8) is 0 Å². The molecule has 0 aromatic carbocycles. The molecule has 1 saturated heterocycles. The second kappa shape index (κ2) is 5.51. The molecule has 1 N–H and O–H groups in total. The molecule has 1 aromatic heterocycles. The Balaban J connectivity index is 2.08. The zero-order chi connectivity index (χ0) is 11.4. The minimum atomic E-state index is 0.454. The molecule has 16 heavy (non-hydrogen) atoms. The molecule has 2 rings (SSSR count). The Morgan fingerprint density at radius 2 is 2.50 bits per heavy atom. The van der Waals surface area contributed by atoms with Gasteiger partial charge in [-0.05, 0) is 45.0 Å². The van der Waals surface area contributed by atoms with Crippen LogP contribution in [-0.2, 0) is 0 Å². The van der Waals surface area contributed by atoms with E-state index >= 15 is 0 Å². The first-order valence-corrected chi connectivity index (χ1v) is 6.30. The molecule has 90 valence electrons. The summed E-state index contributed by atoms with van der Waals surface area (Å²) in [7, 11) is 2.03. The fourth-order valence-corrected chi connectivity index (χ4v) is 2.80. The molecule has 2 heterocycles. The van der Waals surface area contributed by atoms with Crippen molar-refractivity contribution in [3.05, 3.63) is 24.2 Å². The Kier molecular flexibility index (Phi) is 4.02. The summed E-state index contributed by atoms with van der Waals surface area (Å²) in [6.45, 7) is 4.52. The summed E-state index contributed by atoms with van der Waals surface area (Å²) >= 11 is 0. The molecule has 2 atom stereocenters. The second-order valence-corrected chi connectivity index (χ2v) is 4.53. The highest BCUT2D eigenvalue weighted by Crippen LogP contribution is 2.31.